The Morgan fingerprint density at radius 2 is 2.30 bits per heavy atom. The molecule has 1 aliphatic heterocycles. The van der Waals surface area contributed by atoms with E-state index < -0.39 is 0 Å². The van der Waals surface area contributed by atoms with Crippen molar-refractivity contribution >= 4 is 23.4 Å². The van der Waals surface area contributed by atoms with Gasteiger partial charge in [0, 0.05) is 18.1 Å². The van der Waals surface area contributed by atoms with Crippen LogP contribution in [0.25, 0.3) is 0 Å². The van der Waals surface area contributed by atoms with Gasteiger partial charge in [0.25, 0.3) is 0 Å². The lowest BCUT2D eigenvalue weighted by Crippen LogP contribution is -2.15. The van der Waals surface area contributed by atoms with Crippen LogP contribution in [0.1, 0.15) is 38.1 Å². The quantitative estimate of drug-likeness (QED) is 0.906. The first kappa shape index (κ1) is 13.9. The number of carbonyl (C=O) groups excluding carboxylic acids is 1. The molecule has 0 aromatic carbocycles. The summed E-state index contributed by atoms with van der Waals surface area (Å²) in [6.45, 7) is 1.51. The van der Waals surface area contributed by atoms with Crippen LogP contribution < -0.4 is 5.32 Å². The van der Waals surface area contributed by atoms with Gasteiger partial charge in [-0.25, -0.2) is 0 Å². The predicted octanol–water partition coefficient (Wildman–Crippen LogP) is 2.46. The molecule has 6 heteroatoms. The average Bonchev–Trinajstić information content (AvgIpc) is 3.18. The Morgan fingerprint density at radius 3 is 3.05 bits per heavy atom. The lowest BCUT2D eigenvalue weighted by atomic mass is 10.3. The maximum absolute atomic E-state index is 11.9. The topological polar surface area (TPSA) is 56.2 Å². The molecular weight excluding hydrogens is 274 g/mol. The molecule has 2 fully saturated rings. The van der Waals surface area contributed by atoms with Crippen LogP contribution in [0.3, 0.4) is 0 Å². The number of amides is 1. The zero-order valence-electron chi connectivity index (χ0n) is 11.6. The van der Waals surface area contributed by atoms with Gasteiger partial charge < -0.3 is 10.1 Å². The van der Waals surface area contributed by atoms with E-state index in [1.807, 2.05) is 10.9 Å². The number of ether oxygens (including phenoxy) is 1. The van der Waals surface area contributed by atoms with Gasteiger partial charge in [0.05, 0.1) is 30.3 Å². The van der Waals surface area contributed by atoms with Crippen LogP contribution in [0.5, 0.6) is 0 Å². The number of nitrogens with one attached hydrogen (secondary N) is 1. The predicted molar refractivity (Wildman–Crippen MR) is 80.0 cm³/mol. The number of hydrogen-bond acceptors (Lipinski definition) is 4. The van der Waals surface area contributed by atoms with Gasteiger partial charge in [0.1, 0.15) is 0 Å². The molecule has 2 aliphatic rings. The summed E-state index contributed by atoms with van der Waals surface area (Å²) in [6, 6.07) is 0.313. The van der Waals surface area contributed by atoms with Crippen LogP contribution in [-0.2, 0) is 9.53 Å². The number of thioether (sulfide) groups is 1. The van der Waals surface area contributed by atoms with Crippen LogP contribution in [0.2, 0.25) is 0 Å². The van der Waals surface area contributed by atoms with Crippen LogP contribution in [0.15, 0.2) is 12.4 Å². The van der Waals surface area contributed by atoms with Gasteiger partial charge in [-0.05, 0) is 19.3 Å². The molecule has 3 rings (SSSR count). The van der Waals surface area contributed by atoms with Crippen molar-refractivity contribution in [2.45, 2.75) is 43.4 Å². The number of rotatable bonds is 5. The summed E-state index contributed by atoms with van der Waals surface area (Å²) < 4.78 is 7.24. The van der Waals surface area contributed by atoms with Gasteiger partial charge in [-0.15, -0.1) is 11.8 Å². The summed E-state index contributed by atoms with van der Waals surface area (Å²) in [5.41, 5.74) is 0.786. The average molecular weight is 295 g/mol. The molecule has 1 saturated carbocycles. The summed E-state index contributed by atoms with van der Waals surface area (Å²) in [5.74, 6) is 0.617. The SMILES string of the molecule is O=C(CSC1CCCC1)Nc1cnn(C2CCOC2)c1. The van der Waals surface area contributed by atoms with Crippen LogP contribution >= 0.6 is 11.8 Å². The van der Waals surface area contributed by atoms with E-state index in [0.29, 0.717) is 23.7 Å². The Hall–Kier alpha value is -1.01. The zero-order chi connectivity index (χ0) is 13.8. The molecule has 20 heavy (non-hydrogen) atoms. The summed E-state index contributed by atoms with van der Waals surface area (Å²) in [6.07, 6.45) is 9.76. The molecule has 5 nitrogen and oxygen atoms in total. The number of hydrogen-bond donors (Lipinski definition) is 1. The Labute approximate surface area is 123 Å². The van der Waals surface area contributed by atoms with Crippen molar-refractivity contribution < 1.29 is 9.53 Å². The van der Waals surface area contributed by atoms with Gasteiger partial charge in [-0.1, -0.05) is 12.8 Å². The summed E-state index contributed by atoms with van der Waals surface area (Å²) in [4.78, 5) is 11.9. The van der Waals surface area contributed by atoms with Crippen LogP contribution in [-0.4, -0.2) is 39.9 Å². The second-order valence-corrected chi connectivity index (χ2v) is 6.78. The molecule has 1 aliphatic carbocycles. The van der Waals surface area contributed by atoms with Crippen molar-refractivity contribution in [1.29, 1.82) is 0 Å². The monoisotopic (exact) mass is 295 g/mol. The van der Waals surface area contributed by atoms with Crippen molar-refractivity contribution in [2.24, 2.45) is 0 Å². The number of nitrogens with zero attached hydrogens (tertiary/aromatic N) is 2. The smallest absolute Gasteiger partial charge is 0.234 e. The van der Waals surface area contributed by atoms with Crippen molar-refractivity contribution in [3.63, 3.8) is 0 Å². The van der Waals surface area contributed by atoms with Gasteiger partial charge in [-0.3, -0.25) is 9.48 Å². The second-order valence-electron chi connectivity index (χ2n) is 5.49. The Balaban J connectivity index is 1.45. The highest BCUT2D eigenvalue weighted by Gasteiger charge is 2.19. The van der Waals surface area contributed by atoms with Crippen molar-refractivity contribution in [3.8, 4) is 0 Å². The van der Waals surface area contributed by atoms with E-state index in [1.54, 1.807) is 18.0 Å². The summed E-state index contributed by atoms with van der Waals surface area (Å²) in [5, 5.41) is 7.91. The minimum Gasteiger partial charge on any atom is -0.379 e. The maximum atomic E-state index is 11.9. The molecule has 2 heterocycles. The summed E-state index contributed by atoms with van der Waals surface area (Å²) >= 11 is 1.78. The Bertz CT molecular complexity index is 451. The van der Waals surface area contributed by atoms with E-state index in [4.69, 9.17) is 4.74 Å². The minimum atomic E-state index is 0.0733. The minimum absolute atomic E-state index is 0.0733. The van der Waals surface area contributed by atoms with E-state index in [1.165, 1.54) is 25.7 Å². The molecule has 0 bridgehead atoms. The second kappa shape index (κ2) is 6.63. The van der Waals surface area contributed by atoms with Gasteiger partial charge in [-0.2, -0.15) is 5.10 Å². The third kappa shape index (κ3) is 3.55. The Kier molecular flexibility index (Phi) is 4.62. The van der Waals surface area contributed by atoms with Gasteiger partial charge in [0.15, 0.2) is 0 Å². The number of carbonyl (C=O) groups is 1. The molecule has 110 valence electrons. The molecular formula is C14H21N3O2S. The normalized spacial score (nSPS) is 23.3. The fourth-order valence-electron chi connectivity index (χ4n) is 2.78. The highest BCUT2D eigenvalue weighted by Crippen LogP contribution is 2.29. The van der Waals surface area contributed by atoms with Crippen LogP contribution in [0, 0.1) is 0 Å². The Morgan fingerprint density at radius 1 is 1.45 bits per heavy atom. The highest BCUT2D eigenvalue weighted by atomic mass is 32.2. The van der Waals surface area contributed by atoms with Gasteiger partial charge >= 0.3 is 0 Å². The van der Waals surface area contributed by atoms with E-state index in [0.717, 1.165) is 18.7 Å². The molecule has 0 spiro atoms. The molecule has 1 aromatic rings. The number of aromatic nitrogens is 2. The molecule has 0 radical (unpaired) electrons. The van der Waals surface area contributed by atoms with Crippen molar-refractivity contribution in [1.82, 2.24) is 9.78 Å². The molecule has 1 aromatic heterocycles. The molecule has 1 N–H and O–H groups in total. The van der Waals surface area contributed by atoms with Gasteiger partial charge in [0.2, 0.25) is 5.91 Å². The lowest BCUT2D eigenvalue weighted by Gasteiger charge is -2.08. The van der Waals surface area contributed by atoms with E-state index >= 15 is 0 Å². The fourth-order valence-corrected chi connectivity index (χ4v) is 3.90. The third-order valence-electron chi connectivity index (χ3n) is 3.92. The van der Waals surface area contributed by atoms with E-state index in [9.17, 15) is 4.79 Å². The molecule has 1 atom stereocenters. The van der Waals surface area contributed by atoms with Crippen LogP contribution in [0.4, 0.5) is 5.69 Å². The summed E-state index contributed by atoms with van der Waals surface area (Å²) in [7, 11) is 0. The largest absolute Gasteiger partial charge is 0.379 e. The molecule has 1 unspecified atom stereocenters. The molecule has 1 amide bonds. The maximum Gasteiger partial charge on any atom is 0.234 e. The zero-order valence-corrected chi connectivity index (χ0v) is 12.4. The first-order valence-electron chi connectivity index (χ1n) is 7.34. The lowest BCUT2D eigenvalue weighted by molar-refractivity contribution is -0.113. The van der Waals surface area contributed by atoms with Crippen molar-refractivity contribution in [2.75, 3.05) is 24.3 Å². The number of anilines is 1. The first-order valence-corrected chi connectivity index (χ1v) is 8.39. The van der Waals surface area contributed by atoms with Crippen molar-refractivity contribution in [3.05, 3.63) is 12.4 Å². The fraction of sp³-hybridized carbons (Fsp3) is 0.714. The third-order valence-corrected chi connectivity index (χ3v) is 5.29. The first-order chi connectivity index (χ1) is 9.81. The highest BCUT2D eigenvalue weighted by molar-refractivity contribution is 8.00. The van der Waals surface area contributed by atoms with E-state index in [2.05, 4.69) is 10.4 Å². The van der Waals surface area contributed by atoms with E-state index in [-0.39, 0.29) is 5.91 Å². The molecule has 1 saturated heterocycles. The standard InChI is InChI=1S/C14H21N3O2S/c18-14(10-20-13-3-1-2-4-13)16-11-7-15-17(8-11)12-5-6-19-9-12/h7-8,12-13H,1-6,9-10H2,(H,16,18).